The van der Waals surface area contributed by atoms with Crippen molar-refractivity contribution in [1.29, 1.82) is 0 Å². The van der Waals surface area contributed by atoms with Crippen molar-refractivity contribution in [3.8, 4) is 0 Å². The van der Waals surface area contributed by atoms with Crippen molar-refractivity contribution in [3.63, 3.8) is 0 Å². The molecule has 0 fully saturated rings. The fourth-order valence-electron chi connectivity index (χ4n) is 1.15. The van der Waals surface area contributed by atoms with E-state index in [4.69, 9.17) is 4.74 Å². The molecule has 0 unspecified atom stereocenters. The van der Waals surface area contributed by atoms with E-state index in [2.05, 4.69) is 17.5 Å². The number of carbonyl (C=O) groups is 1. The van der Waals surface area contributed by atoms with Crippen LogP contribution in [0.5, 0.6) is 0 Å². The molecule has 0 bridgehead atoms. The Bertz CT molecular complexity index is 424. The van der Waals surface area contributed by atoms with Gasteiger partial charge in [-0.05, 0) is 24.3 Å². The monoisotopic (exact) mass is 303 g/mol. The highest BCUT2D eigenvalue weighted by atomic mass is 32.2. The van der Waals surface area contributed by atoms with Gasteiger partial charge in [0.1, 0.15) is 13.2 Å². The van der Waals surface area contributed by atoms with Gasteiger partial charge in [-0.15, -0.1) is 22.7 Å². The molecular formula is C11H13NO5S2. The van der Waals surface area contributed by atoms with Gasteiger partial charge in [-0.3, -0.25) is 0 Å². The van der Waals surface area contributed by atoms with E-state index in [0.29, 0.717) is 17.1 Å². The zero-order chi connectivity index (χ0) is 14.1. The third-order valence-corrected chi connectivity index (χ3v) is 3.20. The zero-order valence-electron chi connectivity index (χ0n) is 9.98. The molecule has 0 heterocycles. The second-order valence-electron chi connectivity index (χ2n) is 3.35. The summed E-state index contributed by atoms with van der Waals surface area (Å²) in [6, 6.07) is 6.71. The maximum atomic E-state index is 11.6. The molecule has 0 aromatic heterocycles. The predicted octanol–water partition coefficient (Wildman–Crippen LogP) is 2.07. The van der Waals surface area contributed by atoms with E-state index in [1.807, 2.05) is 0 Å². The molecule has 6 nitrogen and oxygen atoms in total. The third kappa shape index (κ3) is 6.92. The lowest BCUT2D eigenvalue weighted by atomic mass is 10.2. The van der Waals surface area contributed by atoms with Crippen molar-refractivity contribution in [2.45, 2.75) is 4.90 Å². The maximum Gasteiger partial charge on any atom is 0.338 e. The second kappa shape index (κ2) is 8.65. The molecule has 0 saturated heterocycles. The molecule has 0 atom stereocenters. The molecule has 1 rings (SSSR count). The molecule has 0 saturated carbocycles. The van der Waals surface area contributed by atoms with E-state index in [1.165, 1.54) is 11.8 Å². The normalized spacial score (nSPS) is 9.95. The van der Waals surface area contributed by atoms with Gasteiger partial charge in [0.05, 0.1) is 5.56 Å². The Kier molecular flexibility index (Phi) is 7.12. The minimum absolute atomic E-state index is 0.0367. The second-order valence-corrected chi connectivity index (χ2v) is 5.09. The van der Waals surface area contributed by atoms with Crippen molar-refractivity contribution >= 4 is 30.4 Å². The standard InChI is InChI=1S/C11H13NO5S2/c13-11(9-1-3-10(18)4-2-9)16-5-7-19-8-6-17-12(14)15/h1-4,18H,5-8H2. The van der Waals surface area contributed by atoms with E-state index in [-0.39, 0.29) is 13.2 Å². The number of nitrogens with zero attached hydrogens (tertiary/aromatic N) is 1. The van der Waals surface area contributed by atoms with Crippen LogP contribution in [0.25, 0.3) is 0 Å². The van der Waals surface area contributed by atoms with E-state index in [1.54, 1.807) is 24.3 Å². The molecule has 0 aliphatic rings. The SMILES string of the molecule is O=C(OCCSCCO[N+](=O)[O-])c1ccc(S)cc1. The Morgan fingerprint density at radius 2 is 1.89 bits per heavy atom. The van der Waals surface area contributed by atoms with Gasteiger partial charge in [0.15, 0.2) is 0 Å². The lowest BCUT2D eigenvalue weighted by Crippen LogP contribution is -2.09. The molecule has 19 heavy (non-hydrogen) atoms. The summed E-state index contributed by atoms with van der Waals surface area (Å²) in [5.41, 5.74) is 0.472. The first kappa shape index (κ1) is 15.6. The molecule has 0 spiro atoms. The van der Waals surface area contributed by atoms with Gasteiger partial charge in [0.2, 0.25) is 0 Å². The molecule has 1 aromatic carbocycles. The summed E-state index contributed by atoms with van der Waals surface area (Å²) in [6.45, 7) is 0.291. The van der Waals surface area contributed by atoms with Gasteiger partial charge in [-0.25, -0.2) is 4.79 Å². The van der Waals surface area contributed by atoms with Crippen LogP contribution in [-0.4, -0.2) is 35.8 Å². The first-order valence-electron chi connectivity index (χ1n) is 5.41. The molecule has 1 aromatic rings. The van der Waals surface area contributed by atoms with Crippen LogP contribution >= 0.6 is 24.4 Å². The fraction of sp³-hybridized carbons (Fsp3) is 0.364. The van der Waals surface area contributed by atoms with Crippen LogP contribution in [0.4, 0.5) is 0 Å². The first-order valence-corrected chi connectivity index (χ1v) is 7.01. The lowest BCUT2D eigenvalue weighted by Gasteiger charge is -2.04. The van der Waals surface area contributed by atoms with Crippen LogP contribution in [0.1, 0.15) is 10.4 Å². The van der Waals surface area contributed by atoms with Crippen LogP contribution < -0.4 is 0 Å². The van der Waals surface area contributed by atoms with Crippen molar-refractivity contribution in [1.82, 2.24) is 0 Å². The van der Waals surface area contributed by atoms with Gasteiger partial charge >= 0.3 is 5.97 Å². The van der Waals surface area contributed by atoms with Crippen LogP contribution in [-0.2, 0) is 9.57 Å². The third-order valence-electron chi connectivity index (χ3n) is 1.99. The van der Waals surface area contributed by atoms with Crippen LogP contribution in [0, 0.1) is 10.1 Å². The number of carbonyl (C=O) groups excluding carboxylic acids is 1. The molecule has 8 heteroatoms. The minimum Gasteiger partial charge on any atom is -0.461 e. The Hall–Kier alpha value is -1.41. The number of benzene rings is 1. The molecule has 0 N–H and O–H groups in total. The van der Waals surface area contributed by atoms with Crippen molar-refractivity contribution in [2.75, 3.05) is 24.7 Å². The smallest absolute Gasteiger partial charge is 0.338 e. The highest BCUT2D eigenvalue weighted by Gasteiger charge is 2.06. The average Bonchev–Trinajstić information content (AvgIpc) is 2.38. The summed E-state index contributed by atoms with van der Waals surface area (Å²) in [5.74, 6) is 0.653. The molecule has 0 aliphatic carbocycles. The van der Waals surface area contributed by atoms with E-state index in [9.17, 15) is 14.9 Å². The number of thioether (sulfide) groups is 1. The topological polar surface area (TPSA) is 78.7 Å². The molecule has 104 valence electrons. The molecule has 0 radical (unpaired) electrons. The van der Waals surface area contributed by atoms with Gasteiger partial charge in [0.25, 0.3) is 5.09 Å². The fourth-order valence-corrected chi connectivity index (χ4v) is 1.89. The average molecular weight is 303 g/mol. The maximum absolute atomic E-state index is 11.6. The molecule has 0 aliphatic heterocycles. The summed E-state index contributed by atoms with van der Waals surface area (Å²) < 4.78 is 5.04. The van der Waals surface area contributed by atoms with E-state index >= 15 is 0 Å². The number of thiol groups is 1. The molecular weight excluding hydrogens is 290 g/mol. The van der Waals surface area contributed by atoms with Crippen LogP contribution in [0.3, 0.4) is 0 Å². The van der Waals surface area contributed by atoms with E-state index in [0.717, 1.165) is 4.90 Å². The zero-order valence-corrected chi connectivity index (χ0v) is 11.7. The predicted molar refractivity (Wildman–Crippen MR) is 74.2 cm³/mol. The first-order chi connectivity index (χ1) is 9.09. The summed E-state index contributed by atoms with van der Waals surface area (Å²) in [5, 5.41) is 9.03. The highest BCUT2D eigenvalue weighted by Crippen LogP contribution is 2.09. The Morgan fingerprint density at radius 1 is 1.26 bits per heavy atom. The Balaban J connectivity index is 2.11. The lowest BCUT2D eigenvalue weighted by molar-refractivity contribution is -0.756. The van der Waals surface area contributed by atoms with Crippen molar-refractivity contribution in [3.05, 3.63) is 39.9 Å². The van der Waals surface area contributed by atoms with Gasteiger partial charge in [0, 0.05) is 16.4 Å². The number of hydrogen-bond donors (Lipinski definition) is 1. The minimum atomic E-state index is -0.828. The van der Waals surface area contributed by atoms with Crippen molar-refractivity contribution < 1.29 is 19.5 Å². The van der Waals surface area contributed by atoms with Crippen LogP contribution in [0.15, 0.2) is 29.2 Å². The number of hydrogen-bond acceptors (Lipinski definition) is 7. The number of ether oxygens (including phenoxy) is 1. The quantitative estimate of drug-likeness (QED) is 0.260. The largest absolute Gasteiger partial charge is 0.461 e. The van der Waals surface area contributed by atoms with Crippen LogP contribution in [0.2, 0.25) is 0 Å². The summed E-state index contributed by atoms with van der Waals surface area (Å²) >= 11 is 5.53. The summed E-state index contributed by atoms with van der Waals surface area (Å²) in [6.07, 6.45) is 0. The van der Waals surface area contributed by atoms with Crippen molar-refractivity contribution in [2.24, 2.45) is 0 Å². The Labute approximate surface area is 120 Å². The summed E-state index contributed by atoms with van der Waals surface area (Å²) in [7, 11) is 0. The Morgan fingerprint density at radius 3 is 2.53 bits per heavy atom. The number of rotatable bonds is 8. The van der Waals surface area contributed by atoms with Gasteiger partial charge < -0.3 is 9.57 Å². The highest BCUT2D eigenvalue weighted by molar-refractivity contribution is 7.99. The van der Waals surface area contributed by atoms with Gasteiger partial charge in [-0.1, -0.05) is 0 Å². The summed E-state index contributed by atoms with van der Waals surface area (Å²) in [4.78, 5) is 26.3. The molecule has 0 amide bonds. The van der Waals surface area contributed by atoms with E-state index < -0.39 is 11.1 Å². The number of esters is 1. The van der Waals surface area contributed by atoms with Gasteiger partial charge in [-0.2, -0.15) is 11.8 Å².